The largest absolute Gasteiger partial charge is 0.294 e. The Labute approximate surface area is 110 Å². The summed E-state index contributed by atoms with van der Waals surface area (Å²) in [5.74, 6) is 0.168. The molecule has 0 spiro atoms. The fraction of sp³-hybridized carbons (Fsp3) is 0.214. The first-order chi connectivity index (χ1) is 8.20. The molecule has 0 atom stereocenters. The standard InChI is InChI=1S/C14H13ClOS/c1-2-10-5-3-4-6-12(10)13(16)9-11-7-8-14(15)17-11/h3-8H,2,9H2,1H3. The van der Waals surface area contributed by atoms with Gasteiger partial charge in [0.15, 0.2) is 5.78 Å². The second-order valence-electron chi connectivity index (χ2n) is 3.82. The summed E-state index contributed by atoms with van der Waals surface area (Å²) in [5, 5.41) is 0. The van der Waals surface area contributed by atoms with E-state index < -0.39 is 0 Å². The Balaban J connectivity index is 2.20. The van der Waals surface area contributed by atoms with Crippen molar-refractivity contribution in [1.82, 2.24) is 0 Å². The maximum atomic E-state index is 12.2. The number of Topliss-reactive ketones (excluding diaryl/α,β-unsaturated/α-hetero) is 1. The van der Waals surface area contributed by atoms with E-state index in [1.807, 2.05) is 36.4 Å². The second-order valence-corrected chi connectivity index (χ2v) is 5.62. The third kappa shape index (κ3) is 2.96. The summed E-state index contributed by atoms with van der Waals surface area (Å²) in [7, 11) is 0. The van der Waals surface area contributed by atoms with E-state index in [2.05, 4.69) is 6.92 Å². The minimum atomic E-state index is 0.168. The van der Waals surface area contributed by atoms with Crippen LogP contribution in [-0.4, -0.2) is 5.78 Å². The number of benzene rings is 1. The molecular formula is C14H13ClOS. The number of hydrogen-bond acceptors (Lipinski definition) is 2. The van der Waals surface area contributed by atoms with Crippen LogP contribution in [0.2, 0.25) is 4.34 Å². The van der Waals surface area contributed by atoms with E-state index >= 15 is 0 Å². The number of halogens is 1. The number of hydrogen-bond donors (Lipinski definition) is 0. The molecule has 3 heteroatoms. The van der Waals surface area contributed by atoms with Crippen molar-refractivity contribution < 1.29 is 4.79 Å². The fourth-order valence-electron chi connectivity index (χ4n) is 1.80. The van der Waals surface area contributed by atoms with Crippen LogP contribution in [0.4, 0.5) is 0 Å². The molecule has 0 unspecified atom stereocenters. The molecule has 0 saturated heterocycles. The molecule has 0 amide bonds. The Morgan fingerprint density at radius 3 is 2.65 bits per heavy atom. The smallest absolute Gasteiger partial charge is 0.168 e. The van der Waals surface area contributed by atoms with E-state index in [9.17, 15) is 4.79 Å². The molecule has 2 aromatic rings. The van der Waals surface area contributed by atoms with Crippen molar-refractivity contribution >= 4 is 28.7 Å². The van der Waals surface area contributed by atoms with Gasteiger partial charge in [0.2, 0.25) is 0 Å². The Bertz CT molecular complexity index is 531. The lowest BCUT2D eigenvalue weighted by Gasteiger charge is -2.05. The predicted molar refractivity (Wildman–Crippen MR) is 73.2 cm³/mol. The van der Waals surface area contributed by atoms with E-state index in [1.54, 1.807) is 0 Å². The fourth-order valence-corrected chi connectivity index (χ4v) is 2.89. The minimum Gasteiger partial charge on any atom is -0.294 e. The Morgan fingerprint density at radius 2 is 2.00 bits per heavy atom. The van der Waals surface area contributed by atoms with Crippen LogP contribution in [0.25, 0.3) is 0 Å². The van der Waals surface area contributed by atoms with Crippen LogP contribution in [-0.2, 0) is 12.8 Å². The molecule has 0 radical (unpaired) electrons. The van der Waals surface area contributed by atoms with Gasteiger partial charge in [0.1, 0.15) is 0 Å². The van der Waals surface area contributed by atoms with E-state index in [0.29, 0.717) is 6.42 Å². The number of carbonyl (C=O) groups is 1. The molecule has 0 aliphatic carbocycles. The summed E-state index contributed by atoms with van der Waals surface area (Å²) in [4.78, 5) is 13.2. The zero-order valence-electron chi connectivity index (χ0n) is 9.57. The highest BCUT2D eigenvalue weighted by molar-refractivity contribution is 7.16. The van der Waals surface area contributed by atoms with Crippen molar-refractivity contribution in [3.8, 4) is 0 Å². The van der Waals surface area contributed by atoms with Crippen molar-refractivity contribution in [2.24, 2.45) is 0 Å². The molecular weight excluding hydrogens is 252 g/mol. The highest BCUT2D eigenvalue weighted by atomic mass is 35.5. The first-order valence-electron chi connectivity index (χ1n) is 5.56. The average molecular weight is 265 g/mol. The van der Waals surface area contributed by atoms with Gasteiger partial charge in [0.05, 0.1) is 4.34 Å². The summed E-state index contributed by atoms with van der Waals surface area (Å²) in [6.45, 7) is 2.06. The van der Waals surface area contributed by atoms with Crippen LogP contribution in [0.1, 0.15) is 27.7 Å². The van der Waals surface area contributed by atoms with E-state index in [1.165, 1.54) is 11.3 Å². The Kier molecular flexibility index (Phi) is 3.97. The number of thiophene rings is 1. The molecule has 1 aromatic carbocycles. The summed E-state index contributed by atoms with van der Waals surface area (Å²) in [6, 6.07) is 11.5. The zero-order chi connectivity index (χ0) is 12.3. The molecule has 0 fully saturated rings. The highest BCUT2D eigenvalue weighted by Gasteiger charge is 2.11. The molecule has 1 heterocycles. The quantitative estimate of drug-likeness (QED) is 0.749. The molecule has 88 valence electrons. The molecule has 0 saturated carbocycles. The van der Waals surface area contributed by atoms with Crippen LogP contribution in [0.5, 0.6) is 0 Å². The first-order valence-corrected chi connectivity index (χ1v) is 6.75. The highest BCUT2D eigenvalue weighted by Crippen LogP contribution is 2.23. The third-order valence-electron chi connectivity index (χ3n) is 2.66. The average Bonchev–Trinajstić information content (AvgIpc) is 2.74. The minimum absolute atomic E-state index is 0.168. The third-order valence-corrected chi connectivity index (χ3v) is 3.89. The molecule has 17 heavy (non-hydrogen) atoms. The van der Waals surface area contributed by atoms with Crippen LogP contribution < -0.4 is 0 Å². The number of carbonyl (C=O) groups excluding carboxylic acids is 1. The van der Waals surface area contributed by atoms with Gasteiger partial charge < -0.3 is 0 Å². The Morgan fingerprint density at radius 1 is 1.24 bits per heavy atom. The van der Waals surface area contributed by atoms with Gasteiger partial charge in [-0.1, -0.05) is 42.8 Å². The van der Waals surface area contributed by atoms with E-state index in [4.69, 9.17) is 11.6 Å². The van der Waals surface area contributed by atoms with Gasteiger partial charge in [-0.25, -0.2) is 0 Å². The second kappa shape index (κ2) is 5.48. The summed E-state index contributed by atoms with van der Waals surface area (Å²) in [6.07, 6.45) is 1.32. The van der Waals surface area contributed by atoms with Crippen molar-refractivity contribution in [3.05, 3.63) is 56.7 Å². The summed E-state index contributed by atoms with van der Waals surface area (Å²) >= 11 is 7.32. The van der Waals surface area contributed by atoms with Crippen LogP contribution in [0.3, 0.4) is 0 Å². The maximum absolute atomic E-state index is 12.2. The van der Waals surface area contributed by atoms with Gasteiger partial charge in [0, 0.05) is 16.9 Å². The summed E-state index contributed by atoms with van der Waals surface area (Å²) < 4.78 is 0.733. The maximum Gasteiger partial charge on any atom is 0.168 e. The molecule has 0 bridgehead atoms. The number of ketones is 1. The lowest BCUT2D eigenvalue weighted by molar-refractivity contribution is 0.0993. The van der Waals surface area contributed by atoms with E-state index in [-0.39, 0.29) is 5.78 Å². The number of aryl methyl sites for hydroxylation is 1. The van der Waals surface area contributed by atoms with Gasteiger partial charge in [-0.15, -0.1) is 11.3 Å². The number of rotatable bonds is 4. The van der Waals surface area contributed by atoms with Gasteiger partial charge in [-0.05, 0) is 24.1 Å². The normalized spacial score (nSPS) is 10.5. The lowest BCUT2D eigenvalue weighted by atomic mass is 9.99. The summed E-state index contributed by atoms with van der Waals surface area (Å²) in [5.41, 5.74) is 1.94. The van der Waals surface area contributed by atoms with Crippen LogP contribution in [0, 0.1) is 0 Å². The van der Waals surface area contributed by atoms with Gasteiger partial charge >= 0.3 is 0 Å². The van der Waals surface area contributed by atoms with Gasteiger partial charge in [0.25, 0.3) is 0 Å². The molecule has 0 N–H and O–H groups in total. The molecule has 1 nitrogen and oxygen atoms in total. The molecule has 0 aliphatic heterocycles. The molecule has 1 aromatic heterocycles. The van der Waals surface area contributed by atoms with Crippen molar-refractivity contribution in [2.45, 2.75) is 19.8 Å². The topological polar surface area (TPSA) is 17.1 Å². The van der Waals surface area contributed by atoms with Gasteiger partial charge in [-0.2, -0.15) is 0 Å². The first kappa shape index (κ1) is 12.3. The SMILES string of the molecule is CCc1ccccc1C(=O)Cc1ccc(Cl)s1. The van der Waals surface area contributed by atoms with Gasteiger partial charge in [-0.3, -0.25) is 4.79 Å². The molecule has 2 rings (SSSR count). The lowest BCUT2D eigenvalue weighted by Crippen LogP contribution is -2.05. The molecule has 0 aliphatic rings. The van der Waals surface area contributed by atoms with Crippen LogP contribution in [0.15, 0.2) is 36.4 Å². The van der Waals surface area contributed by atoms with Crippen molar-refractivity contribution in [2.75, 3.05) is 0 Å². The van der Waals surface area contributed by atoms with E-state index in [0.717, 1.165) is 26.8 Å². The van der Waals surface area contributed by atoms with Crippen molar-refractivity contribution in [1.29, 1.82) is 0 Å². The van der Waals surface area contributed by atoms with Crippen LogP contribution >= 0.6 is 22.9 Å². The Hall–Kier alpha value is -1.12. The predicted octanol–water partition coefficient (Wildman–Crippen LogP) is 4.39. The monoisotopic (exact) mass is 264 g/mol. The zero-order valence-corrected chi connectivity index (χ0v) is 11.1. The van der Waals surface area contributed by atoms with Crippen molar-refractivity contribution in [3.63, 3.8) is 0 Å².